The zero-order valence-electron chi connectivity index (χ0n) is 20.7. The van der Waals surface area contributed by atoms with Crippen molar-refractivity contribution in [3.8, 4) is 5.75 Å². The lowest BCUT2D eigenvalue weighted by atomic mass is 9.94. The second-order valence-electron chi connectivity index (χ2n) is 9.54. The molecule has 0 atom stereocenters. The highest BCUT2D eigenvalue weighted by molar-refractivity contribution is 5.92. The number of rotatable bonds is 9. The zero-order valence-corrected chi connectivity index (χ0v) is 20.7. The van der Waals surface area contributed by atoms with Crippen LogP contribution in [0.4, 0.5) is 5.69 Å². The first-order valence-corrected chi connectivity index (χ1v) is 12.9. The molecular weight excluding hydrogens is 456 g/mol. The van der Waals surface area contributed by atoms with Gasteiger partial charge in [0.1, 0.15) is 5.75 Å². The maximum atomic E-state index is 12.8. The molecule has 0 spiro atoms. The van der Waals surface area contributed by atoms with Gasteiger partial charge in [-0.05, 0) is 49.9 Å². The summed E-state index contributed by atoms with van der Waals surface area (Å²) in [5, 5.41) is 6.13. The number of hydrogen-bond acceptors (Lipinski definition) is 5. The smallest absolute Gasteiger partial charge is 0.238 e. The Morgan fingerprint density at radius 1 is 0.833 bits per heavy atom. The molecule has 0 saturated carbocycles. The van der Waals surface area contributed by atoms with Crippen LogP contribution in [0, 0.1) is 5.92 Å². The van der Waals surface area contributed by atoms with Gasteiger partial charge in [-0.2, -0.15) is 0 Å². The maximum absolute atomic E-state index is 12.8. The van der Waals surface area contributed by atoms with E-state index in [0.717, 1.165) is 37.4 Å². The Morgan fingerprint density at radius 3 is 2.14 bits per heavy atom. The summed E-state index contributed by atoms with van der Waals surface area (Å²) in [6.07, 6.45) is 3.39. The first-order valence-electron chi connectivity index (χ1n) is 12.9. The molecule has 3 amide bonds. The van der Waals surface area contributed by atoms with Gasteiger partial charge < -0.3 is 20.3 Å². The van der Waals surface area contributed by atoms with Crippen molar-refractivity contribution in [1.82, 2.24) is 15.1 Å². The van der Waals surface area contributed by atoms with E-state index in [1.54, 1.807) is 0 Å². The van der Waals surface area contributed by atoms with Crippen LogP contribution in [-0.4, -0.2) is 72.9 Å². The van der Waals surface area contributed by atoms with Gasteiger partial charge in [-0.1, -0.05) is 36.4 Å². The van der Waals surface area contributed by atoms with Gasteiger partial charge >= 0.3 is 0 Å². The van der Waals surface area contributed by atoms with E-state index in [0.29, 0.717) is 45.5 Å². The molecule has 2 N–H and O–H groups in total. The number of carbonyl (C=O) groups excluding carboxylic acids is 3. The number of ether oxygens (including phenoxy) is 1. The van der Waals surface area contributed by atoms with E-state index >= 15 is 0 Å². The van der Waals surface area contributed by atoms with Gasteiger partial charge in [0.2, 0.25) is 17.7 Å². The van der Waals surface area contributed by atoms with E-state index in [1.807, 2.05) is 65.6 Å². The number of likely N-dealkylation sites (tertiary alicyclic amines) is 2. The average Bonchev–Trinajstić information content (AvgIpc) is 2.91. The summed E-state index contributed by atoms with van der Waals surface area (Å²) < 4.78 is 5.63. The third-order valence-electron chi connectivity index (χ3n) is 6.91. The van der Waals surface area contributed by atoms with Crippen molar-refractivity contribution < 1.29 is 19.1 Å². The number of amides is 3. The molecule has 2 aliphatic rings. The lowest BCUT2D eigenvalue weighted by Gasteiger charge is -2.35. The molecule has 8 heteroatoms. The van der Waals surface area contributed by atoms with Gasteiger partial charge in [0, 0.05) is 43.8 Å². The molecule has 36 heavy (non-hydrogen) atoms. The summed E-state index contributed by atoms with van der Waals surface area (Å²) in [7, 11) is 0. The van der Waals surface area contributed by atoms with Crippen molar-refractivity contribution in [2.24, 2.45) is 5.92 Å². The van der Waals surface area contributed by atoms with Crippen LogP contribution in [0.3, 0.4) is 0 Å². The average molecular weight is 493 g/mol. The van der Waals surface area contributed by atoms with Crippen molar-refractivity contribution in [3.05, 3.63) is 60.7 Å². The quantitative estimate of drug-likeness (QED) is 0.562. The fourth-order valence-electron chi connectivity index (χ4n) is 4.80. The van der Waals surface area contributed by atoms with Gasteiger partial charge in [-0.15, -0.1) is 0 Å². The van der Waals surface area contributed by atoms with Crippen LogP contribution in [0.1, 0.15) is 32.1 Å². The summed E-state index contributed by atoms with van der Waals surface area (Å²) in [6, 6.07) is 19.1. The van der Waals surface area contributed by atoms with E-state index in [1.165, 1.54) is 0 Å². The van der Waals surface area contributed by atoms with E-state index in [2.05, 4.69) is 15.5 Å². The molecule has 0 radical (unpaired) electrons. The number of hydrogen-bond donors (Lipinski definition) is 2. The third kappa shape index (κ3) is 7.81. The molecule has 0 aliphatic carbocycles. The minimum atomic E-state index is -0.0516. The molecule has 2 aromatic carbocycles. The van der Waals surface area contributed by atoms with Gasteiger partial charge in [-0.25, -0.2) is 0 Å². The maximum Gasteiger partial charge on any atom is 0.238 e. The first kappa shape index (κ1) is 25.7. The molecule has 2 heterocycles. The fourth-order valence-corrected chi connectivity index (χ4v) is 4.80. The number of carbonyl (C=O) groups is 3. The monoisotopic (exact) mass is 492 g/mol. The standard InChI is InChI=1S/C28H36N4O4/c33-26(29-23-7-3-1-4-8-23)21-31-16-13-24(14-17-31)30-28(35)22-11-18-32(19-12-22)27(34)15-20-36-25-9-5-2-6-10-25/h1-10,22,24H,11-21H2,(H,29,33)(H,30,35). The highest BCUT2D eigenvalue weighted by atomic mass is 16.5. The SMILES string of the molecule is O=C(CN1CCC(NC(=O)C2CCN(C(=O)CCOc3ccccc3)CC2)CC1)Nc1ccccc1. The van der Waals surface area contributed by atoms with Crippen molar-refractivity contribution >= 4 is 23.4 Å². The second-order valence-corrected chi connectivity index (χ2v) is 9.54. The molecule has 2 fully saturated rings. The third-order valence-corrected chi connectivity index (χ3v) is 6.91. The number of piperidine rings is 2. The van der Waals surface area contributed by atoms with Crippen LogP contribution in [0.15, 0.2) is 60.7 Å². The minimum Gasteiger partial charge on any atom is -0.493 e. The van der Waals surface area contributed by atoms with Crippen molar-refractivity contribution in [2.45, 2.75) is 38.1 Å². The number of benzene rings is 2. The molecule has 0 bridgehead atoms. The second kappa shape index (κ2) is 13.1. The lowest BCUT2D eigenvalue weighted by Crippen LogP contribution is -2.49. The Kier molecular flexibility index (Phi) is 9.33. The van der Waals surface area contributed by atoms with Crippen LogP contribution in [0.2, 0.25) is 0 Å². The molecule has 0 unspecified atom stereocenters. The minimum absolute atomic E-state index is 0.0170. The highest BCUT2D eigenvalue weighted by Gasteiger charge is 2.29. The predicted molar refractivity (Wildman–Crippen MR) is 139 cm³/mol. The fraction of sp³-hybridized carbons (Fsp3) is 0.464. The van der Waals surface area contributed by atoms with Gasteiger partial charge in [0.15, 0.2) is 0 Å². The first-order chi connectivity index (χ1) is 17.6. The van der Waals surface area contributed by atoms with Crippen molar-refractivity contribution in [1.29, 1.82) is 0 Å². The number of para-hydroxylation sites is 2. The molecule has 2 saturated heterocycles. The molecule has 8 nitrogen and oxygen atoms in total. The molecule has 192 valence electrons. The summed E-state index contributed by atoms with van der Waals surface area (Å²) in [4.78, 5) is 41.6. The molecule has 2 aromatic rings. The Hall–Kier alpha value is -3.39. The zero-order chi connectivity index (χ0) is 25.2. The Balaban J connectivity index is 1.10. The van der Waals surface area contributed by atoms with E-state index in [-0.39, 0.29) is 29.7 Å². The Bertz CT molecular complexity index is 985. The van der Waals surface area contributed by atoms with Crippen LogP contribution >= 0.6 is 0 Å². The summed E-state index contributed by atoms with van der Waals surface area (Å²) in [5.74, 6) is 0.867. The number of nitrogens with one attached hydrogen (secondary N) is 2. The summed E-state index contributed by atoms with van der Waals surface area (Å²) in [5.41, 5.74) is 0.804. The largest absolute Gasteiger partial charge is 0.493 e. The van der Waals surface area contributed by atoms with Gasteiger partial charge in [0.25, 0.3) is 0 Å². The Morgan fingerprint density at radius 2 is 1.47 bits per heavy atom. The van der Waals surface area contributed by atoms with Gasteiger partial charge in [-0.3, -0.25) is 19.3 Å². The molecule has 4 rings (SSSR count). The summed E-state index contributed by atoms with van der Waals surface area (Å²) in [6.45, 7) is 3.50. The topological polar surface area (TPSA) is 91.0 Å². The van der Waals surface area contributed by atoms with E-state index < -0.39 is 0 Å². The molecule has 2 aliphatic heterocycles. The highest BCUT2D eigenvalue weighted by Crippen LogP contribution is 2.20. The van der Waals surface area contributed by atoms with E-state index in [4.69, 9.17) is 4.74 Å². The predicted octanol–water partition coefficient (Wildman–Crippen LogP) is 2.91. The summed E-state index contributed by atoms with van der Waals surface area (Å²) >= 11 is 0. The van der Waals surface area contributed by atoms with Crippen LogP contribution in [0.5, 0.6) is 5.75 Å². The van der Waals surface area contributed by atoms with Crippen molar-refractivity contribution in [2.75, 3.05) is 44.6 Å². The van der Waals surface area contributed by atoms with Crippen molar-refractivity contribution in [3.63, 3.8) is 0 Å². The number of nitrogens with zero attached hydrogens (tertiary/aromatic N) is 2. The molecular formula is C28H36N4O4. The van der Waals surface area contributed by atoms with Crippen LogP contribution in [-0.2, 0) is 14.4 Å². The normalized spacial score (nSPS) is 17.4. The van der Waals surface area contributed by atoms with Gasteiger partial charge in [0.05, 0.1) is 19.6 Å². The van der Waals surface area contributed by atoms with Crippen LogP contribution < -0.4 is 15.4 Å². The van der Waals surface area contributed by atoms with E-state index in [9.17, 15) is 14.4 Å². The molecule has 0 aromatic heterocycles. The number of anilines is 1. The van der Waals surface area contributed by atoms with Crippen LogP contribution in [0.25, 0.3) is 0 Å². The lowest BCUT2D eigenvalue weighted by molar-refractivity contribution is -0.136. The Labute approximate surface area is 213 Å².